The second-order valence-electron chi connectivity index (χ2n) is 3.08. The minimum Gasteiger partial charge on any atom is -0.297 e. The Balaban J connectivity index is 2.56. The molecule has 0 aliphatic carbocycles. The average Bonchev–Trinajstić information content (AvgIpc) is 2.72. The molecular formula is C10H10N2OS. The lowest BCUT2D eigenvalue weighted by Crippen LogP contribution is -1.92. The summed E-state index contributed by atoms with van der Waals surface area (Å²) in [7, 11) is 1.90. The highest BCUT2D eigenvalue weighted by Crippen LogP contribution is 2.29. The van der Waals surface area contributed by atoms with Gasteiger partial charge in [-0.2, -0.15) is 5.10 Å². The molecule has 0 N–H and O–H groups in total. The number of carbonyl (C=O) groups is 1. The van der Waals surface area contributed by atoms with Crippen molar-refractivity contribution < 1.29 is 4.79 Å². The monoisotopic (exact) mass is 206 g/mol. The molecule has 0 saturated heterocycles. The zero-order valence-electron chi connectivity index (χ0n) is 8.02. The molecule has 2 aromatic heterocycles. The molecule has 0 radical (unpaired) electrons. The summed E-state index contributed by atoms with van der Waals surface area (Å²) in [6.45, 7) is 2.01. The van der Waals surface area contributed by atoms with E-state index in [0.29, 0.717) is 0 Å². The van der Waals surface area contributed by atoms with E-state index in [4.69, 9.17) is 0 Å². The van der Waals surface area contributed by atoms with Crippen molar-refractivity contribution in [2.75, 3.05) is 0 Å². The van der Waals surface area contributed by atoms with Gasteiger partial charge in [0.15, 0.2) is 6.29 Å². The van der Waals surface area contributed by atoms with Crippen LogP contribution in [0.15, 0.2) is 18.3 Å². The van der Waals surface area contributed by atoms with E-state index in [1.165, 1.54) is 11.3 Å². The normalized spacial score (nSPS) is 10.4. The third kappa shape index (κ3) is 1.37. The average molecular weight is 206 g/mol. The van der Waals surface area contributed by atoms with Crippen LogP contribution in [0.4, 0.5) is 0 Å². The van der Waals surface area contributed by atoms with Gasteiger partial charge in [-0.3, -0.25) is 9.48 Å². The minimum absolute atomic E-state index is 0.763. The Morgan fingerprint density at radius 2 is 2.36 bits per heavy atom. The molecule has 0 aliphatic rings. The molecular weight excluding hydrogens is 196 g/mol. The van der Waals surface area contributed by atoms with Crippen LogP contribution in [-0.4, -0.2) is 16.1 Å². The van der Waals surface area contributed by atoms with Crippen LogP contribution < -0.4 is 0 Å². The van der Waals surface area contributed by atoms with Gasteiger partial charge >= 0.3 is 0 Å². The molecule has 2 heterocycles. The zero-order chi connectivity index (χ0) is 10.1. The van der Waals surface area contributed by atoms with Crippen molar-refractivity contribution in [2.24, 2.45) is 7.05 Å². The van der Waals surface area contributed by atoms with Gasteiger partial charge in [0.25, 0.3) is 0 Å². The van der Waals surface area contributed by atoms with Gasteiger partial charge in [-0.15, -0.1) is 11.3 Å². The summed E-state index contributed by atoms with van der Waals surface area (Å²) in [5, 5.41) is 4.10. The fourth-order valence-corrected chi connectivity index (χ4v) is 2.31. The molecule has 72 valence electrons. The predicted octanol–water partition coefficient (Wildman–Crippen LogP) is 2.27. The highest BCUT2D eigenvalue weighted by atomic mass is 32.1. The van der Waals surface area contributed by atoms with E-state index in [2.05, 4.69) is 5.10 Å². The van der Waals surface area contributed by atoms with E-state index in [1.807, 2.05) is 30.8 Å². The summed E-state index contributed by atoms with van der Waals surface area (Å²) < 4.78 is 1.81. The number of hydrogen-bond acceptors (Lipinski definition) is 3. The van der Waals surface area contributed by atoms with Gasteiger partial charge in [0, 0.05) is 23.7 Å². The van der Waals surface area contributed by atoms with Crippen molar-refractivity contribution in [1.29, 1.82) is 0 Å². The lowest BCUT2D eigenvalue weighted by Gasteiger charge is -1.99. The summed E-state index contributed by atoms with van der Waals surface area (Å²) in [4.78, 5) is 12.5. The SMILES string of the molecule is Cc1sc(C=O)cc1-c1ccnn1C. The maximum Gasteiger partial charge on any atom is 0.160 e. The fraction of sp³-hybridized carbons (Fsp3) is 0.200. The Labute approximate surface area is 86.0 Å². The molecule has 0 atom stereocenters. The maximum absolute atomic E-state index is 10.6. The molecule has 0 bridgehead atoms. The largest absolute Gasteiger partial charge is 0.297 e. The summed E-state index contributed by atoms with van der Waals surface area (Å²) >= 11 is 1.51. The van der Waals surface area contributed by atoms with Gasteiger partial charge in [0.05, 0.1) is 10.6 Å². The molecule has 3 nitrogen and oxygen atoms in total. The molecule has 0 aliphatic heterocycles. The molecule has 0 fully saturated rings. The van der Waals surface area contributed by atoms with Crippen molar-refractivity contribution in [3.8, 4) is 11.3 Å². The molecule has 2 aromatic rings. The van der Waals surface area contributed by atoms with E-state index >= 15 is 0 Å². The molecule has 0 spiro atoms. The van der Waals surface area contributed by atoms with Crippen molar-refractivity contribution in [3.05, 3.63) is 28.1 Å². The van der Waals surface area contributed by atoms with Crippen molar-refractivity contribution in [2.45, 2.75) is 6.92 Å². The van der Waals surface area contributed by atoms with E-state index in [-0.39, 0.29) is 0 Å². The van der Waals surface area contributed by atoms with E-state index in [9.17, 15) is 4.79 Å². The van der Waals surface area contributed by atoms with E-state index < -0.39 is 0 Å². The van der Waals surface area contributed by atoms with Gasteiger partial charge in [-0.05, 0) is 19.1 Å². The molecule has 4 heteroatoms. The minimum atomic E-state index is 0.763. The number of aromatic nitrogens is 2. The van der Waals surface area contributed by atoms with Crippen LogP contribution in [-0.2, 0) is 7.05 Å². The zero-order valence-corrected chi connectivity index (χ0v) is 8.84. The Hall–Kier alpha value is -1.42. The smallest absolute Gasteiger partial charge is 0.160 e. The Bertz CT molecular complexity index is 470. The standard InChI is InChI=1S/C10H10N2OS/c1-7-9(5-8(6-13)14-7)10-3-4-11-12(10)2/h3-6H,1-2H3. The topological polar surface area (TPSA) is 34.9 Å². The van der Waals surface area contributed by atoms with Crippen LogP contribution >= 0.6 is 11.3 Å². The van der Waals surface area contributed by atoms with Crippen LogP contribution in [0.5, 0.6) is 0 Å². The number of aryl methyl sites for hydroxylation is 2. The lowest BCUT2D eigenvalue weighted by molar-refractivity contribution is 0.112. The van der Waals surface area contributed by atoms with Crippen molar-refractivity contribution in [3.63, 3.8) is 0 Å². The van der Waals surface area contributed by atoms with Gasteiger partial charge in [0.2, 0.25) is 0 Å². The van der Waals surface area contributed by atoms with Gasteiger partial charge in [-0.25, -0.2) is 0 Å². The second-order valence-corrected chi connectivity index (χ2v) is 4.36. The van der Waals surface area contributed by atoms with Crippen LogP contribution in [0.25, 0.3) is 11.3 Å². The first-order valence-corrected chi connectivity index (χ1v) is 5.08. The third-order valence-electron chi connectivity index (χ3n) is 2.15. The predicted molar refractivity (Wildman–Crippen MR) is 56.6 cm³/mol. The number of rotatable bonds is 2. The van der Waals surface area contributed by atoms with E-state index in [1.54, 1.807) is 6.20 Å². The quantitative estimate of drug-likeness (QED) is 0.706. The number of aldehydes is 1. The highest BCUT2D eigenvalue weighted by Gasteiger charge is 2.09. The van der Waals surface area contributed by atoms with Crippen LogP contribution in [0.3, 0.4) is 0 Å². The Morgan fingerprint density at radius 3 is 2.86 bits per heavy atom. The van der Waals surface area contributed by atoms with Crippen molar-refractivity contribution >= 4 is 17.6 Å². The summed E-state index contributed by atoms with van der Waals surface area (Å²) in [6.07, 6.45) is 2.64. The Kier molecular flexibility index (Phi) is 2.21. The first-order chi connectivity index (χ1) is 6.72. The molecule has 14 heavy (non-hydrogen) atoms. The Morgan fingerprint density at radius 1 is 1.57 bits per heavy atom. The summed E-state index contributed by atoms with van der Waals surface area (Å²) in [5.74, 6) is 0. The van der Waals surface area contributed by atoms with Crippen LogP contribution in [0.1, 0.15) is 14.5 Å². The summed E-state index contributed by atoms with van der Waals surface area (Å²) in [5.41, 5.74) is 2.14. The highest BCUT2D eigenvalue weighted by molar-refractivity contribution is 7.14. The molecule has 0 saturated carbocycles. The van der Waals surface area contributed by atoms with Gasteiger partial charge < -0.3 is 0 Å². The lowest BCUT2D eigenvalue weighted by atomic mass is 10.2. The van der Waals surface area contributed by atoms with E-state index in [0.717, 1.165) is 27.3 Å². The second kappa shape index (κ2) is 3.38. The van der Waals surface area contributed by atoms with Crippen LogP contribution in [0, 0.1) is 6.92 Å². The number of hydrogen-bond donors (Lipinski definition) is 0. The number of carbonyl (C=O) groups excluding carboxylic acids is 1. The molecule has 0 unspecified atom stereocenters. The first kappa shape index (κ1) is 9.15. The molecule has 0 aromatic carbocycles. The number of thiophene rings is 1. The summed E-state index contributed by atoms with van der Waals surface area (Å²) in [6, 6.07) is 3.85. The van der Waals surface area contributed by atoms with Gasteiger partial charge in [0.1, 0.15) is 0 Å². The first-order valence-electron chi connectivity index (χ1n) is 4.26. The van der Waals surface area contributed by atoms with Crippen LogP contribution in [0.2, 0.25) is 0 Å². The fourth-order valence-electron chi connectivity index (χ4n) is 1.46. The van der Waals surface area contributed by atoms with Gasteiger partial charge in [-0.1, -0.05) is 0 Å². The number of nitrogens with zero attached hydrogens (tertiary/aromatic N) is 2. The molecule has 2 rings (SSSR count). The van der Waals surface area contributed by atoms with Crippen molar-refractivity contribution in [1.82, 2.24) is 9.78 Å². The maximum atomic E-state index is 10.6. The third-order valence-corrected chi connectivity index (χ3v) is 3.13. The molecule has 0 amide bonds.